The van der Waals surface area contributed by atoms with Crippen LogP contribution in [0.25, 0.3) is 11.1 Å². The Labute approximate surface area is 122 Å². The molecule has 1 N–H and O–H groups in total. The van der Waals surface area contributed by atoms with Gasteiger partial charge in [-0.25, -0.2) is 8.78 Å². The van der Waals surface area contributed by atoms with E-state index in [1.54, 1.807) is 0 Å². The van der Waals surface area contributed by atoms with Crippen LogP contribution in [0, 0.1) is 11.6 Å². The number of halogens is 2. The summed E-state index contributed by atoms with van der Waals surface area (Å²) in [5.74, 6) is -1.09. The molecule has 1 unspecified atom stereocenters. The standard InChI is InChI=1S/C17H17F2NO/c1-20-10-17-15-4-2-3-12(13(15)7-8-21-17)14-6-5-11(18)9-16(14)19/h2-6,9,17,20H,7-8,10H2,1H3. The molecule has 1 heterocycles. The summed E-state index contributed by atoms with van der Waals surface area (Å²) in [5, 5.41) is 3.11. The van der Waals surface area contributed by atoms with E-state index in [1.807, 2.05) is 25.2 Å². The number of fused-ring (bicyclic) bond motifs is 1. The highest BCUT2D eigenvalue weighted by Gasteiger charge is 2.23. The highest BCUT2D eigenvalue weighted by molar-refractivity contribution is 5.70. The molecule has 0 bridgehead atoms. The second kappa shape index (κ2) is 5.92. The maximum Gasteiger partial charge on any atom is 0.133 e. The zero-order valence-corrected chi connectivity index (χ0v) is 11.8. The third kappa shape index (κ3) is 2.69. The van der Waals surface area contributed by atoms with Gasteiger partial charge in [-0.1, -0.05) is 18.2 Å². The van der Waals surface area contributed by atoms with Crippen LogP contribution in [0.5, 0.6) is 0 Å². The van der Waals surface area contributed by atoms with Gasteiger partial charge >= 0.3 is 0 Å². The molecule has 2 aromatic carbocycles. The maximum atomic E-state index is 14.1. The van der Waals surface area contributed by atoms with Gasteiger partial charge in [0.2, 0.25) is 0 Å². The lowest BCUT2D eigenvalue weighted by Gasteiger charge is -2.28. The number of rotatable bonds is 3. The van der Waals surface area contributed by atoms with Crippen LogP contribution in [0.2, 0.25) is 0 Å². The molecule has 0 aromatic heterocycles. The lowest BCUT2D eigenvalue weighted by Crippen LogP contribution is -2.25. The number of nitrogens with one attached hydrogen (secondary N) is 1. The highest BCUT2D eigenvalue weighted by atomic mass is 19.1. The van der Waals surface area contributed by atoms with Crippen molar-refractivity contribution in [2.45, 2.75) is 12.5 Å². The second-order valence-electron chi connectivity index (χ2n) is 5.16. The molecule has 0 saturated carbocycles. The van der Waals surface area contributed by atoms with Gasteiger partial charge in [-0.15, -0.1) is 0 Å². The Bertz CT molecular complexity index is 657. The van der Waals surface area contributed by atoms with Crippen molar-refractivity contribution in [3.63, 3.8) is 0 Å². The first kappa shape index (κ1) is 14.2. The normalized spacial score (nSPS) is 17.6. The van der Waals surface area contributed by atoms with E-state index in [0.29, 0.717) is 18.7 Å². The summed E-state index contributed by atoms with van der Waals surface area (Å²) in [4.78, 5) is 0. The first-order valence-electron chi connectivity index (χ1n) is 7.04. The van der Waals surface area contributed by atoms with Crippen molar-refractivity contribution < 1.29 is 13.5 Å². The van der Waals surface area contributed by atoms with Crippen molar-refractivity contribution in [1.29, 1.82) is 0 Å². The molecule has 21 heavy (non-hydrogen) atoms. The maximum absolute atomic E-state index is 14.1. The van der Waals surface area contributed by atoms with E-state index in [-0.39, 0.29) is 6.10 Å². The summed E-state index contributed by atoms with van der Waals surface area (Å²) in [7, 11) is 1.88. The topological polar surface area (TPSA) is 21.3 Å². The SMILES string of the molecule is CNCC1OCCc2c(-c3ccc(F)cc3F)cccc21. The largest absolute Gasteiger partial charge is 0.372 e. The monoisotopic (exact) mass is 289 g/mol. The van der Waals surface area contributed by atoms with Gasteiger partial charge in [-0.05, 0) is 42.3 Å². The molecule has 1 aliphatic heterocycles. The number of hydrogen-bond donors (Lipinski definition) is 1. The summed E-state index contributed by atoms with van der Waals surface area (Å²) in [6.45, 7) is 1.32. The van der Waals surface area contributed by atoms with Gasteiger partial charge in [0.15, 0.2) is 0 Å². The molecule has 3 rings (SSSR count). The molecule has 2 nitrogen and oxygen atoms in total. The van der Waals surface area contributed by atoms with Gasteiger partial charge < -0.3 is 10.1 Å². The fraction of sp³-hybridized carbons (Fsp3) is 0.294. The van der Waals surface area contributed by atoms with Crippen molar-refractivity contribution in [1.82, 2.24) is 5.32 Å². The zero-order chi connectivity index (χ0) is 14.8. The summed E-state index contributed by atoms with van der Waals surface area (Å²) in [5.41, 5.74) is 3.44. The summed E-state index contributed by atoms with van der Waals surface area (Å²) in [6, 6.07) is 9.52. The molecule has 0 amide bonds. The molecule has 4 heteroatoms. The second-order valence-corrected chi connectivity index (χ2v) is 5.16. The van der Waals surface area contributed by atoms with Crippen molar-refractivity contribution >= 4 is 0 Å². The molecular weight excluding hydrogens is 272 g/mol. The van der Waals surface area contributed by atoms with Gasteiger partial charge in [0.05, 0.1) is 12.7 Å². The minimum absolute atomic E-state index is 0.0257. The molecule has 0 aliphatic carbocycles. The number of hydrogen-bond acceptors (Lipinski definition) is 2. The molecule has 0 saturated heterocycles. The highest BCUT2D eigenvalue weighted by Crippen LogP contribution is 2.35. The summed E-state index contributed by atoms with van der Waals surface area (Å²) < 4.78 is 32.9. The van der Waals surface area contributed by atoms with E-state index in [4.69, 9.17) is 4.74 Å². The number of likely N-dealkylation sites (N-methyl/N-ethyl adjacent to an activating group) is 1. The molecule has 0 fully saturated rings. The lowest BCUT2D eigenvalue weighted by atomic mass is 9.89. The average Bonchev–Trinajstić information content (AvgIpc) is 2.48. The average molecular weight is 289 g/mol. The Kier molecular flexibility index (Phi) is 3.99. The van der Waals surface area contributed by atoms with E-state index in [0.717, 1.165) is 29.2 Å². The van der Waals surface area contributed by atoms with Gasteiger partial charge in [-0.3, -0.25) is 0 Å². The van der Waals surface area contributed by atoms with Gasteiger partial charge in [0, 0.05) is 18.2 Å². The van der Waals surface area contributed by atoms with Crippen LogP contribution in [-0.2, 0) is 11.2 Å². The van der Waals surface area contributed by atoms with Crippen molar-refractivity contribution in [3.05, 3.63) is 59.2 Å². The van der Waals surface area contributed by atoms with Gasteiger partial charge in [0.25, 0.3) is 0 Å². The molecule has 2 aromatic rings. The van der Waals surface area contributed by atoms with Crippen molar-refractivity contribution in [2.75, 3.05) is 20.2 Å². The molecule has 1 atom stereocenters. The van der Waals surface area contributed by atoms with E-state index in [1.165, 1.54) is 12.1 Å². The molecule has 110 valence electrons. The van der Waals surface area contributed by atoms with Gasteiger partial charge in [0.1, 0.15) is 11.6 Å². The Balaban J connectivity index is 2.10. The minimum atomic E-state index is -0.558. The fourth-order valence-electron chi connectivity index (χ4n) is 2.89. The fourth-order valence-corrected chi connectivity index (χ4v) is 2.89. The van der Waals surface area contributed by atoms with Crippen LogP contribution in [0.15, 0.2) is 36.4 Å². The molecule has 0 spiro atoms. The minimum Gasteiger partial charge on any atom is -0.372 e. The number of benzene rings is 2. The zero-order valence-electron chi connectivity index (χ0n) is 11.8. The van der Waals surface area contributed by atoms with Crippen molar-refractivity contribution in [2.24, 2.45) is 0 Å². The Hall–Kier alpha value is -1.78. The Morgan fingerprint density at radius 1 is 1.19 bits per heavy atom. The smallest absolute Gasteiger partial charge is 0.133 e. The molecular formula is C17H17F2NO. The third-order valence-corrected chi connectivity index (χ3v) is 3.84. The number of ether oxygens (including phenoxy) is 1. The van der Waals surface area contributed by atoms with Crippen LogP contribution < -0.4 is 5.32 Å². The van der Waals surface area contributed by atoms with Crippen molar-refractivity contribution in [3.8, 4) is 11.1 Å². The predicted octanol–water partition coefficient (Wildman–Crippen LogP) is 3.47. The van der Waals surface area contributed by atoms with E-state index >= 15 is 0 Å². The van der Waals surface area contributed by atoms with Crippen LogP contribution in [0.4, 0.5) is 8.78 Å². The molecule has 1 aliphatic rings. The predicted molar refractivity (Wildman–Crippen MR) is 78.1 cm³/mol. The first-order valence-corrected chi connectivity index (χ1v) is 7.04. The van der Waals surface area contributed by atoms with E-state index in [9.17, 15) is 8.78 Å². The third-order valence-electron chi connectivity index (χ3n) is 3.84. The van der Waals surface area contributed by atoms with Crippen LogP contribution in [0.1, 0.15) is 17.2 Å². The lowest BCUT2D eigenvalue weighted by molar-refractivity contribution is 0.0440. The first-order chi connectivity index (χ1) is 10.2. The summed E-state index contributed by atoms with van der Waals surface area (Å²) in [6.07, 6.45) is 0.713. The molecule has 0 radical (unpaired) electrons. The van der Waals surface area contributed by atoms with Crippen LogP contribution in [-0.4, -0.2) is 20.2 Å². The van der Waals surface area contributed by atoms with Gasteiger partial charge in [-0.2, -0.15) is 0 Å². The van der Waals surface area contributed by atoms with E-state index < -0.39 is 11.6 Å². The Morgan fingerprint density at radius 3 is 2.81 bits per heavy atom. The quantitative estimate of drug-likeness (QED) is 0.934. The Morgan fingerprint density at radius 2 is 2.05 bits per heavy atom. The van der Waals surface area contributed by atoms with Crippen LogP contribution in [0.3, 0.4) is 0 Å². The van der Waals surface area contributed by atoms with E-state index in [2.05, 4.69) is 5.32 Å². The van der Waals surface area contributed by atoms with Crippen LogP contribution >= 0.6 is 0 Å². The summed E-state index contributed by atoms with van der Waals surface area (Å²) >= 11 is 0.